The minimum absolute atomic E-state index is 0.0655. The number of rotatable bonds is 7. The summed E-state index contributed by atoms with van der Waals surface area (Å²) in [6.07, 6.45) is 0. The van der Waals surface area contributed by atoms with Crippen LogP contribution in [0, 0.1) is 0 Å². The van der Waals surface area contributed by atoms with E-state index >= 15 is 0 Å². The lowest BCUT2D eigenvalue weighted by molar-refractivity contribution is -0.115. The van der Waals surface area contributed by atoms with Crippen molar-refractivity contribution in [3.05, 3.63) is 53.1 Å². The van der Waals surface area contributed by atoms with Gasteiger partial charge < -0.3 is 14.8 Å². The summed E-state index contributed by atoms with van der Waals surface area (Å²) in [7, 11) is 3.15. The van der Waals surface area contributed by atoms with Crippen LogP contribution in [0.2, 0.25) is 5.02 Å². The molecule has 0 saturated heterocycles. The first kappa shape index (κ1) is 18.5. The quantitative estimate of drug-likeness (QED) is 0.777. The zero-order valence-electron chi connectivity index (χ0n) is 13.8. The predicted octanol–water partition coefficient (Wildman–Crippen LogP) is 4.62. The Kier molecular flexibility index (Phi) is 6.82. The first-order chi connectivity index (χ1) is 11.5. The number of nitrogens with one attached hydrogen (secondary N) is 1. The van der Waals surface area contributed by atoms with Crippen molar-refractivity contribution in [3.63, 3.8) is 0 Å². The van der Waals surface area contributed by atoms with Gasteiger partial charge in [-0.15, -0.1) is 11.8 Å². The molecule has 0 heterocycles. The zero-order chi connectivity index (χ0) is 17.5. The average Bonchev–Trinajstić information content (AvgIpc) is 2.60. The van der Waals surface area contributed by atoms with Crippen molar-refractivity contribution < 1.29 is 14.3 Å². The highest BCUT2D eigenvalue weighted by Crippen LogP contribution is 2.27. The highest BCUT2D eigenvalue weighted by atomic mass is 35.5. The maximum absolute atomic E-state index is 12.4. The normalized spacial score (nSPS) is 11.7. The van der Waals surface area contributed by atoms with Gasteiger partial charge in [-0.25, -0.2) is 0 Å². The van der Waals surface area contributed by atoms with Crippen LogP contribution in [-0.4, -0.2) is 25.4 Å². The van der Waals surface area contributed by atoms with Crippen molar-refractivity contribution in [1.82, 2.24) is 0 Å². The van der Waals surface area contributed by atoms with Crippen molar-refractivity contribution in [2.75, 3.05) is 19.5 Å². The summed E-state index contributed by atoms with van der Waals surface area (Å²) >= 11 is 7.44. The Morgan fingerprint density at radius 3 is 2.25 bits per heavy atom. The minimum Gasteiger partial charge on any atom is -0.497 e. The van der Waals surface area contributed by atoms with Crippen molar-refractivity contribution in [1.29, 1.82) is 0 Å². The third kappa shape index (κ3) is 5.35. The van der Waals surface area contributed by atoms with Crippen LogP contribution in [0.15, 0.2) is 42.5 Å². The van der Waals surface area contributed by atoms with Gasteiger partial charge in [0.2, 0.25) is 5.91 Å². The van der Waals surface area contributed by atoms with E-state index in [2.05, 4.69) is 5.32 Å². The van der Waals surface area contributed by atoms with Crippen molar-refractivity contribution in [2.24, 2.45) is 0 Å². The average molecular weight is 366 g/mol. The Hall–Kier alpha value is -1.85. The Balaban J connectivity index is 1.94. The SMILES string of the molecule is COc1cc(NC(=O)[C@@H](C)SCc2ccc(Cl)cc2)cc(OC)c1. The number of benzene rings is 2. The molecule has 0 saturated carbocycles. The number of methoxy groups -OCH3 is 2. The lowest BCUT2D eigenvalue weighted by Crippen LogP contribution is -2.22. The largest absolute Gasteiger partial charge is 0.497 e. The van der Waals surface area contributed by atoms with E-state index in [4.69, 9.17) is 21.1 Å². The lowest BCUT2D eigenvalue weighted by Gasteiger charge is -2.14. The molecule has 0 fully saturated rings. The second-order valence-corrected chi connectivity index (χ2v) is 6.94. The summed E-state index contributed by atoms with van der Waals surface area (Å²) < 4.78 is 10.4. The number of halogens is 1. The fraction of sp³-hybridized carbons (Fsp3) is 0.278. The van der Waals surface area contributed by atoms with Gasteiger partial charge in [-0.3, -0.25) is 4.79 Å². The number of carbonyl (C=O) groups is 1. The third-order valence-corrected chi connectivity index (χ3v) is 4.87. The molecule has 0 bridgehead atoms. The van der Waals surface area contributed by atoms with Crippen LogP contribution >= 0.6 is 23.4 Å². The molecule has 0 aliphatic rings. The molecular weight excluding hydrogens is 346 g/mol. The first-order valence-corrected chi connectivity index (χ1v) is 8.84. The maximum atomic E-state index is 12.4. The van der Waals surface area contributed by atoms with E-state index < -0.39 is 0 Å². The number of ether oxygens (including phenoxy) is 2. The van der Waals surface area contributed by atoms with E-state index in [-0.39, 0.29) is 11.2 Å². The summed E-state index contributed by atoms with van der Waals surface area (Å²) in [5.74, 6) is 1.94. The molecule has 1 N–H and O–H groups in total. The second-order valence-electron chi connectivity index (χ2n) is 5.17. The molecule has 0 radical (unpaired) electrons. The fourth-order valence-corrected chi connectivity index (χ4v) is 2.97. The van der Waals surface area contributed by atoms with Crippen molar-refractivity contribution in [3.8, 4) is 11.5 Å². The number of hydrogen-bond donors (Lipinski definition) is 1. The molecule has 4 nitrogen and oxygen atoms in total. The molecule has 2 aromatic carbocycles. The van der Waals surface area contributed by atoms with Crippen LogP contribution in [0.3, 0.4) is 0 Å². The highest BCUT2D eigenvalue weighted by molar-refractivity contribution is 7.99. The molecule has 6 heteroatoms. The summed E-state index contributed by atoms with van der Waals surface area (Å²) in [6, 6.07) is 12.9. The summed E-state index contributed by atoms with van der Waals surface area (Å²) in [6.45, 7) is 1.88. The molecule has 2 aromatic rings. The molecular formula is C18H20ClNO3S. The Labute approximate surface area is 151 Å². The van der Waals surface area contributed by atoms with Gasteiger partial charge in [0, 0.05) is 34.7 Å². The smallest absolute Gasteiger partial charge is 0.237 e. The molecule has 1 atom stereocenters. The zero-order valence-corrected chi connectivity index (χ0v) is 15.4. The molecule has 0 spiro atoms. The summed E-state index contributed by atoms with van der Waals surface area (Å²) in [5.41, 5.74) is 1.78. The molecule has 24 heavy (non-hydrogen) atoms. The predicted molar refractivity (Wildman–Crippen MR) is 100 cm³/mol. The maximum Gasteiger partial charge on any atom is 0.237 e. The highest BCUT2D eigenvalue weighted by Gasteiger charge is 2.14. The molecule has 2 rings (SSSR count). The van der Waals surface area contributed by atoms with Crippen LogP contribution in [-0.2, 0) is 10.5 Å². The monoisotopic (exact) mass is 365 g/mol. The van der Waals surface area contributed by atoms with Crippen molar-refractivity contribution in [2.45, 2.75) is 17.9 Å². The fourth-order valence-electron chi connectivity index (χ4n) is 2.00. The standard InChI is InChI=1S/C18H20ClNO3S/c1-12(24-11-13-4-6-14(19)7-5-13)18(21)20-15-8-16(22-2)10-17(9-15)23-3/h4-10,12H,11H2,1-3H3,(H,20,21)/t12-/m1/s1. The van der Waals surface area contributed by atoms with Crippen LogP contribution < -0.4 is 14.8 Å². The van der Waals surface area contributed by atoms with E-state index in [9.17, 15) is 4.79 Å². The van der Waals surface area contributed by atoms with Gasteiger partial charge in [0.1, 0.15) is 11.5 Å². The number of carbonyl (C=O) groups excluding carboxylic acids is 1. The van der Waals surface area contributed by atoms with Crippen LogP contribution in [0.1, 0.15) is 12.5 Å². The molecule has 0 aromatic heterocycles. The molecule has 0 aliphatic heterocycles. The Morgan fingerprint density at radius 2 is 1.71 bits per heavy atom. The Morgan fingerprint density at radius 1 is 1.12 bits per heavy atom. The molecule has 1 amide bonds. The number of amides is 1. The number of anilines is 1. The van der Waals surface area contributed by atoms with Gasteiger partial charge in [-0.1, -0.05) is 23.7 Å². The first-order valence-electron chi connectivity index (χ1n) is 7.42. The third-order valence-electron chi connectivity index (χ3n) is 3.40. The summed E-state index contributed by atoms with van der Waals surface area (Å²) in [4.78, 5) is 12.4. The van der Waals surface area contributed by atoms with E-state index in [1.165, 1.54) is 0 Å². The van der Waals surface area contributed by atoms with E-state index in [1.54, 1.807) is 44.2 Å². The summed E-state index contributed by atoms with van der Waals surface area (Å²) in [5, 5.41) is 3.41. The molecule has 0 aliphatic carbocycles. The number of hydrogen-bond acceptors (Lipinski definition) is 4. The van der Waals surface area contributed by atoms with Gasteiger partial charge in [-0.2, -0.15) is 0 Å². The molecule has 128 valence electrons. The second kappa shape index (κ2) is 8.85. The van der Waals surface area contributed by atoms with E-state index in [0.29, 0.717) is 22.2 Å². The van der Waals surface area contributed by atoms with Crippen molar-refractivity contribution >= 4 is 35.0 Å². The lowest BCUT2D eigenvalue weighted by atomic mass is 10.2. The van der Waals surface area contributed by atoms with Gasteiger partial charge in [0.15, 0.2) is 0 Å². The minimum atomic E-state index is -0.196. The van der Waals surface area contributed by atoms with Crippen LogP contribution in [0.25, 0.3) is 0 Å². The number of thioether (sulfide) groups is 1. The topological polar surface area (TPSA) is 47.6 Å². The van der Waals surface area contributed by atoms with Gasteiger partial charge in [0.25, 0.3) is 0 Å². The van der Waals surface area contributed by atoms with E-state index in [1.807, 2.05) is 31.2 Å². The van der Waals surface area contributed by atoms with Gasteiger partial charge in [0.05, 0.1) is 19.5 Å². The van der Waals surface area contributed by atoms with E-state index in [0.717, 1.165) is 11.3 Å². The van der Waals surface area contributed by atoms with Crippen LogP contribution in [0.4, 0.5) is 5.69 Å². The van der Waals surface area contributed by atoms with Gasteiger partial charge >= 0.3 is 0 Å². The van der Waals surface area contributed by atoms with Gasteiger partial charge in [-0.05, 0) is 24.6 Å². The molecule has 0 unspecified atom stereocenters. The van der Waals surface area contributed by atoms with Crippen LogP contribution in [0.5, 0.6) is 11.5 Å². The Bertz CT molecular complexity index is 669.